The standard InChI is InChI=1S/C23H23ClN2O4S/c1-3-30-19-10-8-18(9-11-19)26-31(28,29)20-12-13-22(24)21(14-20)23(27)25-15-17-7-5-4-6-16(17)2/h4-14,26H,3,15H2,1-2H3,(H,25,27). The average Bonchev–Trinajstić information content (AvgIpc) is 2.74. The maximum absolute atomic E-state index is 12.8. The molecule has 0 fully saturated rings. The van der Waals surface area contributed by atoms with E-state index < -0.39 is 15.9 Å². The van der Waals surface area contributed by atoms with E-state index in [1.165, 1.54) is 18.2 Å². The Morgan fingerprint density at radius 3 is 2.42 bits per heavy atom. The Bertz CT molecular complexity index is 1180. The maximum Gasteiger partial charge on any atom is 0.261 e. The number of benzene rings is 3. The van der Waals surface area contributed by atoms with E-state index >= 15 is 0 Å². The molecule has 6 nitrogen and oxygen atoms in total. The van der Waals surface area contributed by atoms with Crippen molar-refractivity contribution in [3.8, 4) is 5.75 Å². The van der Waals surface area contributed by atoms with Crippen LogP contribution >= 0.6 is 11.6 Å². The van der Waals surface area contributed by atoms with Crippen molar-refractivity contribution in [3.63, 3.8) is 0 Å². The SMILES string of the molecule is CCOc1ccc(NS(=O)(=O)c2ccc(Cl)c(C(=O)NCc3ccccc3C)c2)cc1. The van der Waals surface area contributed by atoms with Gasteiger partial charge in [-0.25, -0.2) is 8.42 Å². The van der Waals surface area contributed by atoms with E-state index in [0.717, 1.165) is 11.1 Å². The van der Waals surface area contributed by atoms with Crippen molar-refractivity contribution < 1.29 is 17.9 Å². The van der Waals surface area contributed by atoms with E-state index in [2.05, 4.69) is 10.0 Å². The quantitative estimate of drug-likeness (QED) is 0.508. The zero-order valence-electron chi connectivity index (χ0n) is 17.2. The zero-order chi connectivity index (χ0) is 22.4. The molecular formula is C23H23ClN2O4S. The summed E-state index contributed by atoms with van der Waals surface area (Å²) in [6.07, 6.45) is 0. The minimum absolute atomic E-state index is 0.0631. The largest absolute Gasteiger partial charge is 0.494 e. The molecule has 0 bridgehead atoms. The second kappa shape index (κ2) is 9.85. The average molecular weight is 459 g/mol. The molecule has 0 spiro atoms. The Kier molecular flexibility index (Phi) is 7.20. The number of amides is 1. The van der Waals surface area contributed by atoms with Gasteiger partial charge >= 0.3 is 0 Å². The van der Waals surface area contributed by atoms with Gasteiger partial charge in [-0.1, -0.05) is 35.9 Å². The van der Waals surface area contributed by atoms with Crippen LogP contribution in [-0.2, 0) is 16.6 Å². The fraction of sp³-hybridized carbons (Fsp3) is 0.174. The molecule has 0 atom stereocenters. The van der Waals surface area contributed by atoms with Gasteiger partial charge in [-0.2, -0.15) is 0 Å². The molecule has 3 aromatic carbocycles. The Labute approximate surface area is 187 Å². The molecule has 0 aliphatic carbocycles. The van der Waals surface area contributed by atoms with Crippen molar-refractivity contribution in [2.45, 2.75) is 25.3 Å². The molecular weight excluding hydrogens is 436 g/mol. The van der Waals surface area contributed by atoms with Crippen molar-refractivity contribution in [3.05, 3.63) is 88.4 Å². The van der Waals surface area contributed by atoms with Gasteiger partial charge in [0.1, 0.15) is 5.75 Å². The number of ether oxygens (including phenoxy) is 1. The van der Waals surface area contributed by atoms with Gasteiger partial charge in [-0.05, 0) is 67.4 Å². The lowest BCUT2D eigenvalue weighted by atomic mass is 10.1. The number of carbonyl (C=O) groups is 1. The first-order valence-electron chi connectivity index (χ1n) is 9.68. The Balaban J connectivity index is 1.77. The molecule has 1 amide bonds. The number of sulfonamides is 1. The van der Waals surface area contributed by atoms with Crippen LogP contribution in [0.15, 0.2) is 71.6 Å². The maximum atomic E-state index is 12.8. The lowest BCUT2D eigenvalue weighted by Crippen LogP contribution is -2.24. The highest BCUT2D eigenvalue weighted by Crippen LogP contribution is 2.24. The summed E-state index contributed by atoms with van der Waals surface area (Å²) in [5.74, 6) is 0.191. The molecule has 0 aliphatic rings. The van der Waals surface area contributed by atoms with E-state index in [-0.39, 0.29) is 15.5 Å². The summed E-state index contributed by atoms with van der Waals surface area (Å²) in [6, 6.07) is 18.3. The number of nitrogens with one attached hydrogen (secondary N) is 2. The van der Waals surface area contributed by atoms with E-state index in [9.17, 15) is 13.2 Å². The van der Waals surface area contributed by atoms with Gasteiger partial charge in [0.25, 0.3) is 15.9 Å². The third kappa shape index (κ3) is 5.77. The molecule has 0 unspecified atom stereocenters. The minimum Gasteiger partial charge on any atom is -0.494 e. The summed E-state index contributed by atoms with van der Waals surface area (Å²) >= 11 is 6.17. The molecule has 3 aromatic rings. The fourth-order valence-corrected chi connectivity index (χ4v) is 4.21. The molecule has 0 saturated carbocycles. The predicted octanol–water partition coefficient (Wildman–Crippen LogP) is 4.78. The molecule has 162 valence electrons. The van der Waals surface area contributed by atoms with Crippen molar-refractivity contribution in [1.82, 2.24) is 5.32 Å². The molecule has 2 N–H and O–H groups in total. The smallest absolute Gasteiger partial charge is 0.261 e. The highest BCUT2D eigenvalue weighted by molar-refractivity contribution is 7.92. The summed E-state index contributed by atoms with van der Waals surface area (Å²) in [5.41, 5.74) is 2.48. The highest BCUT2D eigenvalue weighted by atomic mass is 35.5. The van der Waals surface area contributed by atoms with Crippen molar-refractivity contribution in [2.75, 3.05) is 11.3 Å². The van der Waals surface area contributed by atoms with Crippen LogP contribution in [0.5, 0.6) is 5.75 Å². The first kappa shape index (κ1) is 22.7. The van der Waals surface area contributed by atoms with Crippen LogP contribution in [0.25, 0.3) is 0 Å². The van der Waals surface area contributed by atoms with Crippen LogP contribution in [0.4, 0.5) is 5.69 Å². The molecule has 0 heterocycles. The van der Waals surface area contributed by atoms with Gasteiger partial charge in [0.15, 0.2) is 0 Å². The van der Waals surface area contributed by atoms with E-state index in [1.807, 2.05) is 38.1 Å². The Hall–Kier alpha value is -3.03. The number of anilines is 1. The summed E-state index contributed by atoms with van der Waals surface area (Å²) in [7, 11) is -3.91. The predicted molar refractivity (Wildman–Crippen MR) is 122 cm³/mol. The van der Waals surface area contributed by atoms with Crippen LogP contribution in [-0.4, -0.2) is 20.9 Å². The molecule has 0 saturated heterocycles. The number of aryl methyl sites for hydroxylation is 1. The topological polar surface area (TPSA) is 84.5 Å². The number of hydrogen-bond donors (Lipinski definition) is 2. The third-order valence-corrected chi connectivity index (χ3v) is 6.32. The first-order valence-corrected chi connectivity index (χ1v) is 11.5. The van der Waals surface area contributed by atoms with Crippen LogP contribution in [0.1, 0.15) is 28.4 Å². The van der Waals surface area contributed by atoms with Gasteiger partial charge in [-0.15, -0.1) is 0 Å². The minimum atomic E-state index is -3.91. The Morgan fingerprint density at radius 2 is 1.74 bits per heavy atom. The van der Waals surface area contributed by atoms with Gasteiger partial charge < -0.3 is 10.1 Å². The molecule has 0 aromatic heterocycles. The molecule has 0 aliphatic heterocycles. The van der Waals surface area contributed by atoms with Crippen molar-refractivity contribution >= 4 is 33.2 Å². The van der Waals surface area contributed by atoms with Crippen molar-refractivity contribution in [2.24, 2.45) is 0 Å². The van der Waals surface area contributed by atoms with Crippen molar-refractivity contribution in [1.29, 1.82) is 0 Å². The number of carbonyl (C=O) groups excluding carboxylic acids is 1. The van der Waals surface area contributed by atoms with Crippen LogP contribution in [0, 0.1) is 6.92 Å². The van der Waals surface area contributed by atoms with Gasteiger partial charge in [0.05, 0.1) is 22.1 Å². The van der Waals surface area contributed by atoms with Gasteiger partial charge in [0, 0.05) is 12.2 Å². The molecule has 3 rings (SSSR count). The van der Waals surface area contributed by atoms with E-state index in [4.69, 9.17) is 16.3 Å². The zero-order valence-corrected chi connectivity index (χ0v) is 18.8. The van der Waals surface area contributed by atoms with Crippen LogP contribution < -0.4 is 14.8 Å². The molecule has 8 heteroatoms. The Morgan fingerprint density at radius 1 is 1.03 bits per heavy atom. The lowest BCUT2D eigenvalue weighted by molar-refractivity contribution is 0.0951. The monoisotopic (exact) mass is 458 g/mol. The number of rotatable bonds is 8. The summed E-state index contributed by atoms with van der Waals surface area (Å²) < 4.78 is 33.5. The summed E-state index contributed by atoms with van der Waals surface area (Å²) in [4.78, 5) is 12.6. The normalized spacial score (nSPS) is 11.1. The van der Waals surface area contributed by atoms with Gasteiger partial charge in [-0.3, -0.25) is 9.52 Å². The number of hydrogen-bond acceptors (Lipinski definition) is 4. The second-order valence-electron chi connectivity index (χ2n) is 6.81. The number of halogens is 1. The molecule has 0 radical (unpaired) electrons. The van der Waals surface area contributed by atoms with E-state index in [0.29, 0.717) is 24.6 Å². The summed E-state index contributed by atoms with van der Waals surface area (Å²) in [6.45, 7) is 4.65. The third-order valence-electron chi connectivity index (χ3n) is 4.61. The second-order valence-corrected chi connectivity index (χ2v) is 8.90. The molecule has 31 heavy (non-hydrogen) atoms. The van der Waals surface area contributed by atoms with Crippen LogP contribution in [0.3, 0.4) is 0 Å². The lowest BCUT2D eigenvalue weighted by Gasteiger charge is -2.12. The van der Waals surface area contributed by atoms with Gasteiger partial charge in [0.2, 0.25) is 0 Å². The summed E-state index contributed by atoms with van der Waals surface area (Å²) in [5, 5.41) is 2.96. The van der Waals surface area contributed by atoms with E-state index in [1.54, 1.807) is 24.3 Å². The fourth-order valence-electron chi connectivity index (χ4n) is 2.92. The first-order chi connectivity index (χ1) is 14.8. The highest BCUT2D eigenvalue weighted by Gasteiger charge is 2.19. The van der Waals surface area contributed by atoms with Crippen LogP contribution in [0.2, 0.25) is 5.02 Å².